The Morgan fingerprint density at radius 3 is 1.66 bits per heavy atom. The van der Waals surface area contributed by atoms with Gasteiger partial charge in [0.25, 0.3) is 0 Å². The number of nitrogens with two attached hydrogens (primary N) is 1. The number of phenolic OH excluding ortho intramolecular Hbond substituents is 1. The SMILES string of the molecule is C#CCOc1ccc(OCCOCCOCCNC(=O)[C@@H](CC(=O)O)CC(=O)[C@@H](CC(=O)O)NC(=O)[C@H](CC(=O)[C@@H](Cc2ccc(O)cc2)NC(=O)[C@H](N)Cc2ccccc2)Cc2ccccc2)cc1. The number of benzene rings is 4. The van der Waals surface area contributed by atoms with E-state index in [1.807, 2.05) is 18.2 Å². The van der Waals surface area contributed by atoms with Gasteiger partial charge >= 0.3 is 11.9 Å². The van der Waals surface area contributed by atoms with Crippen LogP contribution in [0.15, 0.2) is 109 Å². The number of ether oxygens (including phenoxy) is 4. The van der Waals surface area contributed by atoms with Gasteiger partial charge in [0.2, 0.25) is 17.7 Å². The van der Waals surface area contributed by atoms with Crippen LogP contribution in [0.25, 0.3) is 0 Å². The van der Waals surface area contributed by atoms with Gasteiger partial charge in [-0.15, -0.1) is 6.42 Å². The molecular weight excluding hydrogens is 905 g/mol. The second-order valence-electron chi connectivity index (χ2n) is 16.2. The Morgan fingerprint density at radius 1 is 0.543 bits per heavy atom. The summed E-state index contributed by atoms with van der Waals surface area (Å²) in [7, 11) is 0. The first kappa shape index (κ1) is 55.0. The highest BCUT2D eigenvalue weighted by molar-refractivity contribution is 5.97. The maximum atomic E-state index is 14.3. The van der Waals surface area contributed by atoms with Crippen molar-refractivity contribution in [1.29, 1.82) is 0 Å². The molecule has 4 aromatic rings. The lowest BCUT2D eigenvalue weighted by atomic mass is 9.88. The molecule has 18 heteroatoms. The van der Waals surface area contributed by atoms with Gasteiger partial charge in [0.05, 0.1) is 63.3 Å². The van der Waals surface area contributed by atoms with Crippen molar-refractivity contribution in [3.05, 3.63) is 126 Å². The third kappa shape index (κ3) is 20.7. The molecular formula is C52H60N4O14. The number of phenols is 1. The van der Waals surface area contributed by atoms with Gasteiger partial charge < -0.3 is 56.0 Å². The standard InChI is InChI=1S/C52H60N4O14/c1-2-22-69-41-17-19-42(20-18-41)70-27-26-68-25-24-67-23-21-54-50(64)39(33-48(60)61)32-47(59)45(34-49(62)63)55-51(65)38(28-35-9-5-3-6-10-35)31-46(58)44(30-37-13-15-40(57)16-14-37)56-52(66)43(53)29-36-11-7-4-8-12-36/h1,3-20,38-39,43-45,57H,21-34,53H2,(H,54,64)(H,55,65)(H,56,66)(H,60,61)(H,62,63)/t38-,39+,43+,44+,45+/m0/s1. The molecule has 372 valence electrons. The zero-order valence-corrected chi connectivity index (χ0v) is 38.7. The highest BCUT2D eigenvalue weighted by Crippen LogP contribution is 2.20. The van der Waals surface area contributed by atoms with Crippen LogP contribution in [0, 0.1) is 24.2 Å². The molecule has 4 aromatic carbocycles. The molecule has 70 heavy (non-hydrogen) atoms. The largest absolute Gasteiger partial charge is 0.508 e. The normalized spacial score (nSPS) is 13.0. The average Bonchev–Trinajstić information content (AvgIpc) is 3.34. The van der Waals surface area contributed by atoms with Gasteiger partial charge in [-0.05, 0) is 72.4 Å². The van der Waals surface area contributed by atoms with E-state index < -0.39 is 96.9 Å². The molecule has 0 unspecified atom stereocenters. The summed E-state index contributed by atoms with van der Waals surface area (Å²) in [6.07, 6.45) is 2.40. The summed E-state index contributed by atoms with van der Waals surface area (Å²) in [6.45, 7) is 1.04. The number of terminal acetylenes is 1. The number of carbonyl (C=O) groups excluding carboxylic acids is 5. The number of ketones is 2. The molecule has 0 heterocycles. The summed E-state index contributed by atoms with van der Waals surface area (Å²) in [5.74, 6) is -5.69. The number of hydrogen-bond acceptors (Lipinski definition) is 13. The maximum Gasteiger partial charge on any atom is 0.305 e. The van der Waals surface area contributed by atoms with Crippen molar-refractivity contribution in [3.63, 3.8) is 0 Å². The summed E-state index contributed by atoms with van der Waals surface area (Å²) in [6, 6.07) is 26.6. The summed E-state index contributed by atoms with van der Waals surface area (Å²) in [5, 5.41) is 37.0. The Morgan fingerprint density at radius 2 is 1.06 bits per heavy atom. The van der Waals surface area contributed by atoms with Crippen molar-refractivity contribution in [2.75, 3.05) is 46.2 Å². The van der Waals surface area contributed by atoms with E-state index in [4.69, 9.17) is 31.1 Å². The molecule has 0 fully saturated rings. The molecule has 0 radical (unpaired) electrons. The van der Waals surface area contributed by atoms with Gasteiger partial charge in [-0.1, -0.05) is 78.7 Å². The molecule has 0 bridgehead atoms. The number of aliphatic carboxylic acids is 2. The highest BCUT2D eigenvalue weighted by Gasteiger charge is 2.34. The van der Waals surface area contributed by atoms with E-state index in [1.54, 1.807) is 78.9 Å². The zero-order chi connectivity index (χ0) is 50.7. The van der Waals surface area contributed by atoms with Crippen LogP contribution in [-0.2, 0) is 62.3 Å². The first-order valence-electron chi connectivity index (χ1n) is 22.6. The van der Waals surface area contributed by atoms with Crippen LogP contribution < -0.4 is 31.2 Å². The van der Waals surface area contributed by atoms with Crippen molar-refractivity contribution in [3.8, 4) is 29.6 Å². The fraction of sp³-hybridized carbons (Fsp3) is 0.365. The van der Waals surface area contributed by atoms with Crippen molar-refractivity contribution in [2.24, 2.45) is 17.6 Å². The smallest absolute Gasteiger partial charge is 0.305 e. The number of carboxylic acids is 2. The number of nitrogens with one attached hydrogen (secondary N) is 3. The number of hydrogen-bond donors (Lipinski definition) is 7. The lowest BCUT2D eigenvalue weighted by Crippen LogP contribution is -2.51. The second-order valence-corrected chi connectivity index (χ2v) is 16.2. The molecule has 4 rings (SSSR count). The van der Waals surface area contributed by atoms with Crippen LogP contribution in [0.3, 0.4) is 0 Å². The fourth-order valence-electron chi connectivity index (χ4n) is 7.15. The van der Waals surface area contributed by atoms with Gasteiger partial charge in [-0.25, -0.2) is 0 Å². The molecule has 0 spiro atoms. The number of carbonyl (C=O) groups is 7. The Balaban J connectivity index is 1.36. The molecule has 18 nitrogen and oxygen atoms in total. The Kier molecular flexibility index (Phi) is 23.6. The third-order valence-corrected chi connectivity index (χ3v) is 10.7. The van der Waals surface area contributed by atoms with Crippen LogP contribution in [0.2, 0.25) is 0 Å². The predicted octanol–water partition coefficient (Wildman–Crippen LogP) is 3.06. The first-order valence-corrected chi connectivity index (χ1v) is 22.6. The molecule has 0 aliphatic heterocycles. The van der Waals surface area contributed by atoms with E-state index in [2.05, 4.69) is 21.9 Å². The van der Waals surface area contributed by atoms with Crippen LogP contribution in [0.5, 0.6) is 17.2 Å². The maximum absolute atomic E-state index is 14.3. The van der Waals surface area contributed by atoms with Crippen LogP contribution in [0.4, 0.5) is 0 Å². The minimum Gasteiger partial charge on any atom is -0.508 e. The molecule has 0 saturated heterocycles. The monoisotopic (exact) mass is 964 g/mol. The quantitative estimate of drug-likeness (QED) is 0.0267. The number of rotatable bonds is 33. The molecule has 3 amide bonds. The number of amides is 3. The Hall–Kier alpha value is -7.59. The minimum absolute atomic E-state index is 0.0181. The molecule has 0 saturated carbocycles. The third-order valence-electron chi connectivity index (χ3n) is 10.7. The van der Waals surface area contributed by atoms with E-state index in [0.29, 0.717) is 22.6 Å². The zero-order valence-electron chi connectivity index (χ0n) is 38.7. The summed E-state index contributed by atoms with van der Waals surface area (Å²) in [5.41, 5.74) is 8.27. The van der Waals surface area contributed by atoms with Gasteiger partial charge in [0.15, 0.2) is 11.6 Å². The van der Waals surface area contributed by atoms with E-state index in [0.717, 1.165) is 5.56 Å². The van der Waals surface area contributed by atoms with Gasteiger partial charge in [-0.3, -0.25) is 33.6 Å². The van der Waals surface area contributed by atoms with E-state index in [-0.39, 0.29) is 71.2 Å². The first-order chi connectivity index (χ1) is 33.7. The average molecular weight is 965 g/mol. The topological polar surface area (TPSA) is 279 Å². The minimum atomic E-state index is -1.71. The Labute approximate surface area is 406 Å². The van der Waals surface area contributed by atoms with Gasteiger partial charge in [0.1, 0.15) is 30.5 Å². The van der Waals surface area contributed by atoms with Crippen molar-refractivity contribution in [2.45, 2.75) is 63.1 Å². The molecule has 5 atom stereocenters. The number of Topliss-reactive ketones (excluding diaryl/α,β-unsaturated/α-hetero) is 2. The van der Waals surface area contributed by atoms with Gasteiger partial charge in [0, 0.05) is 25.3 Å². The van der Waals surface area contributed by atoms with Crippen molar-refractivity contribution < 1.29 is 67.8 Å². The summed E-state index contributed by atoms with van der Waals surface area (Å²) in [4.78, 5) is 92.7. The molecule has 0 aromatic heterocycles. The van der Waals surface area contributed by atoms with E-state index >= 15 is 0 Å². The predicted molar refractivity (Wildman–Crippen MR) is 256 cm³/mol. The van der Waals surface area contributed by atoms with E-state index in [1.165, 1.54) is 12.1 Å². The van der Waals surface area contributed by atoms with E-state index in [9.17, 15) is 48.9 Å². The van der Waals surface area contributed by atoms with Crippen LogP contribution in [-0.4, -0.2) is 121 Å². The fourth-order valence-corrected chi connectivity index (χ4v) is 7.15. The Bertz CT molecular complexity index is 2340. The second kappa shape index (κ2) is 30.0. The lowest BCUT2D eigenvalue weighted by molar-refractivity contribution is -0.144. The molecule has 0 aliphatic rings. The highest BCUT2D eigenvalue weighted by atomic mass is 16.5. The van der Waals surface area contributed by atoms with Crippen LogP contribution in [0.1, 0.15) is 42.4 Å². The summed E-state index contributed by atoms with van der Waals surface area (Å²) < 4.78 is 21.9. The van der Waals surface area contributed by atoms with Crippen LogP contribution >= 0.6 is 0 Å². The number of carboxylic acid groups (broad SMARTS) is 2. The van der Waals surface area contributed by atoms with Crippen molar-refractivity contribution in [1.82, 2.24) is 16.0 Å². The molecule has 8 N–H and O–H groups in total. The number of aromatic hydroxyl groups is 1. The molecule has 0 aliphatic carbocycles. The lowest BCUT2D eigenvalue weighted by Gasteiger charge is -2.25. The summed E-state index contributed by atoms with van der Waals surface area (Å²) >= 11 is 0. The van der Waals surface area contributed by atoms with Gasteiger partial charge in [-0.2, -0.15) is 0 Å². The van der Waals surface area contributed by atoms with Crippen molar-refractivity contribution >= 4 is 41.2 Å².